The van der Waals surface area contributed by atoms with Crippen LogP contribution < -0.4 is 10.5 Å². The fourth-order valence-electron chi connectivity index (χ4n) is 3.33. The molecule has 2 N–H and O–H groups in total. The monoisotopic (exact) mass is 498 g/mol. The Bertz CT molecular complexity index is 898. The Morgan fingerprint density at radius 1 is 1.21 bits per heavy atom. The first-order valence-electron chi connectivity index (χ1n) is 9.07. The largest absolute Gasteiger partial charge is 0.480 e. The van der Waals surface area contributed by atoms with Gasteiger partial charge in [-0.15, -0.1) is 0 Å². The molecule has 1 aromatic heterocycles. The predicted molar refractivity (Wildman–Crippen MR) is 115 cm³/mol. The van der Waals surface area contributed by atoms with Crippen molar-refractivity contribution in [3.8, 4) is 5.88 Å². The van der Waals surface area contributed by atoms with Gasteiger partial charge in [0.2, 0.25) is 5.88 Å². The summed E-state index contributed by atoms with van der Waals surface area (Å²) in [5.74, 6) is 0.333. The average Bonchev–Trinajstić information content (AvgIpc) is 2.68. The summed E-state index contributed by atoms with van der Waals surface area (Å²) in [4.78, 5) is 21.2. The zero-order valence-corrected chi connectivity index (χ0v) is 18.4. The molecule has 2 heterocycles. The summed E-state index contributed by atoms with van der Waals surface area (Å²) in [6.07, 6.45) is 0. The molecule has 1 amide bonds. The Morgan fingerprint density at radius 3 is 2.54 bits per heavy atom. The fourth-order valence-corrected chi connectivity index (χ4v) is 3.76. The van der Waals surface area contributed by atoms with Crippen LogP contribution >= 0.6 is 22.6 Å². The van der Waals surface area contributed by atoms with Gasteiger partial charge in [0.15, 0.2) is 0 Å². The molecule has 1 fully saturated rings. The van der Waals surface area contributed by atoms with E-state index < -0.39 is 0 Å². The third-order valence-electron chi connectivity index (χ3n) is 5.06. The summed E-state index contributed by atoms with van der Waals surface area (Å²) in [7, 11) is 1.48. The van der Waals surface area contributed by atoms with Crippen LogP contribution in [0.15, 0.2) is 18.2 Å². The van der Waals surface area contributed by atoms with Crippen LogP contribution in [0.25, 0.3) is 0 Å². The van der Waals surface area contributed by atoms with Gasteiger partial charge in [-0.25, -0.2) is 4.39 Å². The van der Waals surface area contributed by atoms with Gasteiger partial charge in [0.1, 0.15) is 17.2 Å². The Labute approximate surface area is 178 Å². The van der Waals surface area contributed by atoms with Crippen LogP contribution in [0.1, 0.15) is 27.0 Å². The second kappa shape index (κ2) is 8.60. The first-order valence-corrected chi connectivity index (χ1v) is 10.1. The van der Waals surface area contributed by atoms with E-state index in [1.165, 1.54) is 7.11 Å². The molecule has 0 aliphatic carbocycles. The number of hydrogen-bond donors (Lipinski definition) is 1. The SMILES string of the molecule is COc1nc(N)c(I)cc1C(=O)N1CCN(Cc2cc(C)c(F)cc2C)CC1. The number of amides is 1. The number of ether oxygens (including phenoxy) is 1. The fraction of sp³-hybridized carbons (Fsp3) is 0.400. The van der Waals surface area contributed by atoms with Crippen LogP contribution in [0.5, 0.6) is 5.88 Å². The molecule has 0 radical (unpaired) electrons. The molecule has 1 saturated heterocycles. The lowest BCUT2D eigenvalue weighted by Crippen LogP contribution is -2.48. The number of aromatic nitrogens is 1. The Hall–Kier alpha value is -1.94. The molecule has 0 bridgehead atoms. The van der Waals surface area contributed by atoms with Crippen molar-refractivity contribution in [3.63, 3.8) is 0 Å². The number of anilines is 1. The number of pyridine rings is 1. The zero-order valence-electron chi connectivity index (χ0n) is 16.3. The van der Waals surface area contributed by atoms with E-state index in [4.69, 9.17) is 10.5 Å². The third-order valence-corrected chi connectivity index (χ3v) is 5.93. The number of piperazine rings is 1. The minimum absolute atomic E-state index is 0.101. The van der Waals surface area contributed by atoms with E-state index in [9.17, 15) is 9.18 Å². The van der Waals surface area contributed by atoms with Gasteiger partial charge in [0.25, 0.3) is 5.91 Å². The smallest absolute Gasteiger partial charge is 0.259 e. The van der Waals surface area contributed by atoms with E-state index in [1.807, 2.05) is 17.9 Å². The summed E-state index contributed by atoms with van der Waals surface area (Å²) in [5, 5.41) is 0. The number of aryl methyl sites for hydroxylation is 2. The summed E-state index contributed by atoms with van der Waals surface area (Å²) in [5.41, 5.74) is 8.98. The van der Waals surface area contributed by atoms with Crippen molar-refractivity contribution in [1.82, 2.24) is 14.8 Å². The molecule has 1 aliphatic heterocycles. The van der Waals surface area contributed by atoms with Gasteiger partial charge in [0, 0.05) is 32.7 Å². The van der Waals surface area contributed by atoms with E-state index >= 15 is 0 Å². The minimum atomic E-state index is -0.169. The van der Waals surface area contributed by atoms with Crippen molar-refractivity contribution in [3.05, 3.63) is 49.8 Å². The molecule has 2 aromatic rings. The number of rotatable bonds is 4. The normalized spacial score (nSPS) is 15.0. The second-order valence-electron chi connectivity index (χ2n) is 7.01. The Balaban J connectivity index is 1.67. The highest BCUT2D eigenvalue weighted by molar-refractivity contribution is 14.1. The van der Waals surface area contributed by atoms with Crippen LogP contribution in [0.2, 0.25) is 0 Å². The van der Waals surface area contributed by atoms with Crippen LogP contribution in [0, 0.1) is 23.2 Å². The van der Waals surface area contributed by atoms with Gasteiger partial charge in [0.05, 0.1) is 10.7 Å². The quantitative estimate of drug-likeness (QED) is 0.657. The standard InChI is InChI=1S/C20H24FIN4O2/c1-12-9-16(21)13(2)8-14(12)11-25-4-6-26(7-5-25)20(27)15-10-17(22)18(23)24-19(15)28-3/h8-10H,4-7,11H2,1-3H3,(H2,23,24). The van der Waals surface area contributed by atoms with Gasteiger partial charge in [-0.3, -0.25) is 9.69 Å². The van der Waals surface area contributed by atoms with E-state index in [2.05, 4.69) is 32.5 Å². The highest BCUT2D eigenvalue weighted by Crippen LogP contribution is 2.25. The van der Waals surface area contributed by atoms with Crippen LogP contribution in [-0.4, -0.2) is 54.0 Å². The van der Waals surface area contributed by atoms with Gasteiger partial charge in [-0.2, -0.15) is 4.98 Å². The lowest BCUT2D eigenvalue weighted by Gasteiger charge is -2.35. The molecule has 3 rings (SSSR count). The first-order chi connectivity index (χ1) is 13.3. The zero-order chi connectivity index (χ0) is 20.4. The van der Waals surface area contributed by atoms with E-state index in [0.29, 0.717) is 30.0 Å². The van der Waals surface area contributed by atoms with Crippen molar-refractivity contribution in [1.29, 1.82) is 0 Å². The number of benzene rings is 1. The number of nitrogens with zero attached hydrogens (tertiary/aromatic N) is 3. The minimum Gasteiger partial charge on any atom is -0.480 e. The molecule has 1 aliphatic rings. The van der Waals surface area contributed by atoms with E-state index in [1.54, 1.807) is 19.1 Å². The van der Waals surface area contributed by atoms with E-state index in [0.717, 1.165) is 34.3 Å². The highest BCUT2D eigenvalue weighted by Gasteiger charge is 2.26. The molecular weight excluding hydrogens is 474 g/mol. The summed E-state index contributed by atoms with van der Waals surface area (Å²) in [6.45, 7) is 7.20. The molecule has 0 unspecified atom stereocenters. The van der Waals surface area contributed by atoms with Crippen LogP contribution in [-0.2, 0) is 6.54 Å². The number of carbonyl (C=O) groups excluding carboxylic acids is 1. The van der Waals surface area contributed by atoms with Gasteiger partial charge >= 0.3 is 0 Å². The maximum absolute atomic E-state index is 13.7. The molecular formula is C20H24FIN4O2. The number of nitrogen functional groups attached to an aromatic ring is 1. The lowest BCUT2D eigenvalue weighted by atomic mass is 10.0. The van der Waals surface area contributed by atoms with E-state index in [-0.39, 0.29) is 17.6 Å². The number of nitrogens with two attached hydrogens (primary N) is 1. The van der Waals surface area contributed by atoms with Crippen molar-refractivity contribution in [2.45, 2.75) is 20.4 Å². The van der Waals surface area contributed by atoms with Crippen molar-refractivity contribution in [2.75, 3.05) is 39.0 Å². The highest BCUT2D eigenvalue weighted by atomic mass is 127. The third kappa shape index (κ3) is 4.38. The number of hydrogen-bond acceptors (Lipinski definition) is 5. The van der Waals surface area contributed by atoms with Gasteiger partial charge < -0.3 is 15.4 Å². The van der Waals surface area contributed by atoms with Crippen LogP contribution in [0.4, 0.5) is 10.2 Å². The van der Waals surface area contributed by atoms with Crippen molar-refractivity contribution in [2.24, 2.45) is 0 Å². The average molecular weight is 498 g/mol. The summed E-state index contributed by atoms with van der Waals surface area (Å²) < 4.78 is 19.6. The molecule has 8 heteroatoms. The molecule has 0 saturated carbocycles. The first kappa shape index (κ1) is 20.8. The summed E-state index contributed by atoms with van der Waals surface area (Å²) in [6, 6.07) is 5.22. The maximum atomic E-state index is 13.7. The number of halogens is 2. The molecule has 28 heavy (non-hydrogen) atoms. The maximum Gasteiger partial charge on any atom is 0.259 e. The molecule has 1 aromatic carbocycles. The Kier molecular flexibility index (Phi) is 6.39. The number of methoxy groups -OCH3 is 1. The second-order valence-corrected chi connectivity index (χ2v) is 8.17. The predicted octanol–water partition coefficient (Wildman–Crippen LogP) is 2.99. The van der Waals surface area contributed by atoms with Crippen LogP contribution in [0.3, 0.4) is 0 Å². The topological polar surface area (TPSA) is 71.7 Å². The molecule has 0 spiro atoms. The van der Waals surface area contributed by atoms with Gasteiger partial charge in [-0.05, 0) is 65.3 Å². The molecule has 6 nitrogen and oxygen atoms in total. The Morgan fingerprint density at radius 2 is 1.89 bits per heavy atom. The molecule has 150 valence electrons. The lowest BCUT2D eigenvalue weighted by molar-refractivity contribution is 0.0624. The molecule has 0 atom stereocenters. The van der Waals surface area contributed by atoms with Crippen molar-refractivity contribution >= 4 is 34.3 Å². The number of carbonyl (C=O) groups is 1. The van der Waals surface area contributed by atoms with Crippen molar-refractivity contribution < 1.29 is 13.9 Å². The van der Waals surface area contributed by atoms with Gasteiger partial charge in [-0.1, -0.05) is 6.07 Å². The summed E-state index contributed by atoms with van der Waals surface area (Å²) >= 11 is 2.06.